The number of ether oxygens (including phenoxy) is 1. The lowest BCUT2D eigenvalue weighted by Gasteiger charge is -2.46. The summed E-state index contributed by atoms with van der Waals surface area (Å²) in [6.07, 6.45) is -0.107. The van der Waals surface area contributed by atoms with E-state index in [0.29, 0.717) is 24.7 Å². The number of piperidine rings is 1. The summed E-state index contributed by atoms with van der Waals surface area (Å²) in [6, 6.07) is 9.89. The van der Waals surface area contributed by atoms with E-state index in [1.165, 1.54) is 23.8 Å². The second-order valence-corrected chi connectivity index (χ2v) is 10.7. The number of nitriles is 1. The second-order valence-electron chi connectivity index (χ2n) is 10.4. The highest BCUT2D eigenvalue weighted by Gasteiger charge is 2.59. The van der Waals surface area contributed by atoms with E-state index in [2.05, 4.69) is 10.3 Å². The Morgan fingerprint density at radius 2 is 1.81 bits per heavy atom. The average Bonchev–Trinajstić information content (AvgIpc) is 3.20. The lowest BCUT2D eigenvalue weighted by molar-refractivity contribution is -0.138. The van der Waals surface area contributed by atoms with Gasteiger partial charge in [0, 0.05) is 30.6 Å². The van der Waals surface area contributed by atoms with Crippen LogP contribution in [0.4, 0.5) is 24.5 Å². The van der Waals surface area contributed by atoms with Gasteiger partial charge in [0.1, 0.15) is 17.9 Å². The monoisotopic (exact) mass is 529 g/mol. The number of rotatable bonds is 4. The van der Waals surface area contributed by atoms with Crippen LogP contribution in [0.1, 0.15) is 43.4 Å². The summed E-state index contributed by atoms with van der Waals surface area (Å²) in [5.41, 5.74) is -1.89. The van der Waals surface area contributed by atoms with Crippen LogP contribution in [0.25, 0.3) is 0 Å². The van der Waals surface area contributed by atoms with Crippen molar-refractivity contribution in [3.8, 4) is 11.8 Å². The van der Waals surface area contributed by atoms with E-state index in [1.807, 2.05) is 29.2 Å². The first-order valence-corrected chi connectivity index (χ1v) is 12.9. The van der Waals surface area contributed by atoms with Gasteiger partial charge in [-0.3, -0.25) is 4.90 Å². The van der Waals surface area contributed by atoms with Crippen molar-refractivity contribution in [2.24, 2.45) is 11.8 Å². The largest absolute Gasteiger partial charge is 0.490 e. The minimum atomic E-state index is -4.77. The highest BCUT2D eigenvalue weighted by molar-refractivity contribution is 7.80. The minimum absolute atomic E-state index is 0.000985. The highest BCUT2D eigenvalue weighted by atomic mass is 32.1. The minimum Gasteiger partial charge on any atom is -0.490 e. The van der Waals surface area contributed by atoms with Crippen molar-refractivity contribution in [2.75, 3.05) is 22.9 Å². The maximum absolute atomic E-state index is 13.6. The fourth-order valence-corrected chi connectivity index (χ4v) is 6.84. The first kappa shape index (κ1) is 24.4. The van der Waals surface area contributed by atoms with Crippen molar-refractivity contribution in [3.63, 3.8) is 0 Å². The first-order valence-electron chi connectivity index (χ1n) is 12.5. The molecule has 4 aliphatic rings. The molecule has 2 bridgehead atoms. The fourth-order valence-electron chi connectivity index (χ4n) is 6.34. The van der Waals surface area contributed by atoms with E-state index in [4.69, 9.17) is 22.2 Å². The standard InChI is InChI=1S/C26H26F3N5O2S/c27-26(28,29)20-10-18(14-32-21(20)11-30)33-23(35)25(8-1-9-25)34(24(33)37)17-4-6-19(7-5-17)36-22-15-2-3-16(22)13-31-12-15/h4-7,10,14-16,22-23,31,35H,1-3,8-9,12-13H2. The number of aromatic nitrogens is 1. The van der Waals surface area contributed by atoms with Gasteiger partial charge >= 0.3 is 6.18 Å². The Kier molecular flexibility index (Phi) is 5.82. The number of nitrogens with one attached hydrogen (secondary N) is 1. The van der Waals surface area contributed by atoms with Crippen LogP contribution in [0, 0.1) is 23.2 Å². The Morgan fingerprint density at radius 3 is 2.38 bits per heavy atom. The van der Waals surface area contributed by atoms with Crippen LogP contribution in [0.3, 0.4) is 0 Å². The number of benzene rings is 1. The molecule has 3 unspecified atom stereocenters. The molecule has 0 radical (unpaired) electrons. The summed E-state index contributed by atoms with van der Waals surface area (Å²) in [4.78, 5) is 6.88. The average molecular weight is 530 g/mol. The van der Waals surface area contributed by atoms with Gasteiger partial charge < -0.3 is 20.1 Å². The highest BCUT2D eigenvalue weighted by Crippen LogP contribution is 2.50. The zero-order valence-electron chi connectivity index (χ0n) is 19.9. The van der Waals surface area contributed by atoms with Gasteiger partial charge in [-0.15, -0.1) is 0 Å². The topological polar surface area (TPSA) is 84.7 Å². The normalized spacial score (nSPS) is 28.4. The summed E-state index contributed by atoms with van der Waals surface area (Å²) < 4.78 is 47.2. The lowest BCUT2D eigenvalue weighted by atomic mass is 9.74. The smallest absolute Gasteiger partial charge is 0.419 e. The third kappa shape index (κ3) is 3.85. The Hall–Kier alpha value is -2.94. The molecule has 7 nitrogen and oxygen atoms in total. The van der Waals surface area contributed by atoms with Crippen molar-refractivity contribution in [1.82, 2.24) is 10.3 Å². The van der Waals surface area contributed by atoms with Gasteiger partial charge in [-0.2, -0.15) is 18.4 Å². The molecule has 3 atom stereocenters. The molecule has 3 heterocycles. The zero-order chi connectivity index (χ0) is 25.9. The number of halogens is 3. The molecule has 2 saturated heterocycles. The molecule has 2 saturated carbocycles. The molecule has 1 aromatic heterocycles. The van der Waals surface area contributed by atoms with Gasteiger partial charge in [-0.05, 0) is 74.7 Å². The molecule has 194 valence electrons. The van der Waals surface area contributed by atoms with Gasteiger partial charge in [-0.1, -0.05) is 0 Å². The lowest BCUT2D eigenvalue weighted by Crippen LogP contribution is -2.57. The van der Waals surface area contributed by atoms with E-state index in [-0.39, 0.29) is 16.9 Å². The van der Waals surface area contributed by atoms with Crippen molar-refractivity contribution in [3.05, 3.63) is 47.8 Å². The zero-order valence-corrected chi connectivity index (χ0v) is 20.7. The maximum atomic E-state index is 13.6. The predicted molar refractivity (Wildman–Crippen MR) is 134 cm³/mol. The Bertz CT molecular complexity index is 1240. The Morgan fingerprint density at radius 1 is 1.14 bits per heavy atom. The quantitative estimate of drug-likeness (QED) is 0.571. The molecule has 2 aliphatic heterocycles. The molecule has 6 rings (SSSR count). The summed E-state index contributed by atoms with van der Waals surface area (Å²) in [6.45, 7) is 1.94. The molecular formula is C26H26F3N5O2S. The molecule has 11 heteroatoms. The van der Waals surface area contributed by atoms with E-state index in [0.717, 1.165) is 43.2 Å². The van der Waals surface area contributed by atoms with Crippen molar-refractivity contribution < 1.29 is 23.0 Å². The molecule has 37 heavy (non-hydrogen) atoms. The number of thiocarbonyl (C=S) groups is 1. The van der Waals surface area contributed by atoms with Gasteiger partial charge in [0.15, 0.2) is 17.0 Å². The molecule has 2 aromatic rings. The van der Waals surface area contributed by atoms with Crippen LogP contribution in [-0.4, -0.2) is 46.2 Å². The van der Waals surface area contributed by atoms with Gasteiger partial charge in [-0.25, -0.2) is 4.98 Å². The SMILES string of the molecule is N#Cc1ncc(N2C(=S)N(c3ccc(OC4C5CCC4CNC5)cc3)C3(CCC3)C2O)cc1C(F)(F)F. The van der Waals surface area contributed by atoms with Crippen molar-refractivity contribution in [1.29, 1.82) is 5.26 Å². The number of anilines is 2. The maximum Gasteiger partial charge on any atom is 0.419 e. The van der Waals surface area contributed by atoms with Crippen molar-refractivity contribution in [2.45, 2.75) is 56.2 Å². The number of aliphatic hydroxyl groups is 1. The third-order valence-electron chi connectivity index (χ3n) is 8.37. The summed E-state index contributed by atoms with van der Waals surface area (Å²) >= 11 is 5.73. The van der Waals surface area contributed by atoms with Crippen LogP contribution >= 0.6 is 12.2 Å². The fraction of sp³-hybridized carbons (Fsp3) is 0.500. The molecule has 0 amide bonds. The van der Waals surface area contributed by atoms with Crippen LogP contribution in [0.2, 0.25) is 0 Å². The molecule has 2 N–H and O–H groups in total. The number of hydrogen-bond donors (Lipinski definition) is 2. The van der Waals surface area contributed by atoms with Crippen molar-refractivity contribution >= 4 is 28.7 Å². The molecular weight excluding hydrogens is 503 g/mol. The predicted octanol–water partition coefficient (Wildman–Crippen LogP) is 4.20. The number of hydrogen-bond acceptors (Lipinski definition) is 6. The van der Waals surface area contributed by atoms with Gasteiger partial charge in [0.2, 0.25) is 0 Å². The number of fused-ring (bicyclic) bond motifs is 2. The number of pyridine rings is 1. The Labute approximate surface area is 217 Å². The van der Waals surface area contributed by atoms with Crippen LogP contribution in [-0.2, 0) is 6.18 Å². The third-order valence-corrected chi connectivity index (χ3v) is 8.75. The molecule has 2 aliphatic carbocycles. The van der Waals surface area contributed by atoms with Crippen LogP contribution in [0.15, 0.2) is 36.5 Å². The summed E-state index contributed by atoms with van der Waals surface area (Å²) in [5.74, 6) is 1.78. The summed E-state index contributed by atoms with van der Waals surface area (Å²) in [5, 5.41) is 24.1. The Balaban J connectivity index is 1.29. The van der Waals surface area contributed by atoms with E-state index >= 15 is 0 Å². The van der Waals surface area contributed by atoms with E-state index in [9.17, 15) is 18.3 Å². The molecule has 1 spiro atoms. The molecule has 4 fully saturated rings. The number of alkyl halides is 3. The second kappa shape index (κ2) is 8.82. The van der Waals surface area contributed by atoms with Gasteiger partial charge in [0.05, 0.1) is 23.0 Å². The first-order chi connectivity index (χ1) is 17.7. The number of nitrogens with zero attached hydrogens (tertiary/aromatic N) is 4. The van der Waals surface area contributed by atoms with Gasteiger partial charge in [0.25, 0.3) is 0 Å². The molecule has 1 aromatic carbocycles. The van der Waals surface area contributed by atoms with Crippen LogP contribution < -0.4 is 19.9 Å². The summed E-state index contributed by atoms with van der Waals surface area (Å²) in [7, 11) is 0. The van der Waals surface area contributed by atoms with E-state index < -0.39 is 29.2 Å². The van der Waals surface area contributed by atoms with Crippen LogP contribution in [0.5, 0.6) is 5.75 Å². The number of aliphatic hydroxyl groups excluding tert-OH is 1. The van der Waals surface area contributed by atoms with E-state index in [1.54, 1.807) is 0 Å².